The number of nitrogens with one attached hydrogen (secondary N) is 1. The van der Waals surface area contributed by atoms with Crippen LogP contribution >= 0.6 is 0 Å². The van der Waals surface area contributed by atoms with Crippen LogP contribution in [0.25, 0.3) is 0 Å². The Labute approximate surface area is 97.3 Å². The van der Waals surface area contributed by atoms with Gasteiger partial charge in [-0.3, -0.25) is 4.79 Å². The summed E-state index contributed by atoms with van der Waals surface area (Å²) >= 11 is 0. The Morgan fingerprint density at radius 2 is 2.12 bits per heavy atom. The highest BCUT2D eigenvalue weighted by molar-refractivity contribution is 5.97. The number of hydrogen-bond donors (Lipinski definition) is 3. The molecular formula is C11H9N3O3. The van der Waals surface area contributed by atoms with E-state index in [9.17, 15) is 15.0 Å². The molecule has 0 aliphatic heterocycles. The van der Waals surface area contributed by atoms with E-state index in [2.05, 4.69) is 5.32 Å². The lowest BCUT2D eigenvalue weighted by Crippen LogP contribution is -2.33. The number of phenols is 2. The fraction of sp³-hybridized carbons (Fsp3) is 0.182. The van der Waals surface area contributed by atoms with Crippen molar-refractivity contribution in [2.24, 2.45) is 0 Å². The molecule has 1 amide bonds. The van der Waals surface area contributed by atoms with Crippen molar-refractivity contribution in [1.82, 2.24) is 5.32 Å². The first-order chi connectivity index (χ1) is 8.10. The van der Waals surface area contributed by atoms with Gasteiger partial charge < -0.3 is 15.5 Å². The molecule has 17 heavy (non-hydrogen) atoms. The molecule has 6 heteroatoms. The highest BCUT2D eigenvalue weighted by Crippen LogP contribution is 2.27. The molecule has 86 valence electrons. The SMILES string of the molecule is N#CC[C@@H](C#N)NC(=O)c1cccc(O)c1O. The van der Waals surface area contributed by atoms with Crippen LogP contribution in [0.15, 0.2) is 18.2 Å². The van der Waals surface area contributed by atoms with Crippen LogP contribution in [-0.4, -0.2) is 22.2 Å². The molecule has 0 aromatic heterocycles. The van der Waals surface area contributed by atoms with Gasteiger partial charge in [-0.2, -0.15) is 10.5 Å². The molecule has 3 N–H and O–H groups in total. The topological polar surface area (TPSA) is 117 Å². The first-order valence-corrected chi connectivity index (χ1v) is 4.68. The monoisotopic (exact) mass is 231 g/mol. The zero-order valence-corrected chi connectivity index (χ0v) is 8.71. The summed E-state index contributed by atoms with van der Waals surface area (Å²) in [6, 6.07) is 6.45. The fourth-order valence-corrected chi connectivity index (χ4v) is 1.17. The van der Waals surface area contributed by atoms with Crippen LogP contribution in [0.5, 0.6) is 11.5 Å². The van der Waals surface area contributed by atoms with Gasteiger partial charge >= 0.3 is 0 Å². The Balaban J connectivity index is 2.88. The van der Waals surface area contributed by atoms with Crippen LogP contribution in [0.1, 0.15) is 16.8 Å². The maximum Gasteiger partial charge on any atom is 0.256 e. The van der Waals surface area contributed by atoms with E-state index in [1.165, 1.54) is 18.2 Å². The summed E-state index contributed by atoms with van der Waals surface area (Å²) < 4.78 is 0. The van der Waals surface area contributed by atoms with Crippen molar-refractivity contribution in [3.63, 3.8) is 0 Å². The third-order valence-corrected chi connectivity index (χ3v) is 2.02. The molecule has 0 aliphatic rings. The minimum Gasteiger partial charge on any atom is -0.504 e. The number of nitrogens with zero attached hydrogens (tertiary/aromatic N) is 2. The largest absolute Gasteiger partial charge is 0.504 e. The highest BCUT2D eigenvalue weighted by Gasteiger charge is 2.17. The van der Waals surface area contributed by atoms with Gasteiger partial charge in [-0.25, -0.2) is 0 Å². The van der Waals surface area contributed by atoms with Crippen LogP contribution in [-0.2, 0) is 0 Å². The Morgan fingerprint density at radius 3 is 2.71 bits per heavy atom. The van der Waals surface area contributed by atoms with E-state index in [0.29, 0.717) is 0 Å². The number of para-hydroxylation sites is 1. The Bertz CT molecular complexity index is 514. The standard InChI is InChI=1S/C11H9N3O3/c12-5-4-7(6-13)14-11(17)8-2-1-3-9(15)10(8)16/h1-3,7,15-16H,4H2,(H,14,17)/t7-/m0/s1. The van der Waals surface area contributed by atoms with Crippen molar-refractivity contribution in [2.75, 3.05) is 0 Å². The summed E-state index contributed by atoms with van der Waals surface area (Å²) in [5, 5.41) is 37.9. The first kappa shape index (κ1) is 12.3. The average Bonchev–Trinajstić information content (AvgIpc) is 2.31. The van der Waals surface area contributed by atoms with Crippen molar-refractivity contribution in [1.29, 1.82) is 10.5 Å². The number of carbonyl (C=O) groups excluding carboxylic acids is 1. The number of hydrogen-bond acceptors (Lipinski definition) is 5. The van der Waals surface area contributed by atoms with Gasteiger partial charge in [-0.05, 0) is 12.1 Å². The molecule has 0 saturated carbocycles. The highest BCUT2D eigenvalue weighted by atomic mass is 16.3. The van der Waals surface area contributed by atoms with E-state index in [0.717, 1.165) is 0 Å². The molecule has 6 nitrogen and oxygen atoms in total. The Hall–Kier alpha value is -2.73. The van der Waals surface area contributed by atoms with Crippen molar-refractivity contribution >= 4 is 5.91 Å². The molecule has 1 aromatic rings. The van der Waals surface area contributed by atoms with Gasteiger partial charge in [0, 0.05) is 0 Å². The normalized spacial score (nSPS) is 10.9. The Morgan fingerprint density at radius 1 is 1.41 bits per heavy atom. The molecule has 0 aliphatic carbocycles. The van der Waals surface area contributed by atoms with E-state index in [4.69, 9.17) is 10.5 Å². The van der Waals surface area contributed by atoms with Gasteiger partial charge in [0.1, 0.15) is 6.04 Å². The molecule has 1 atom stereocenters. The molecule has 0 unspecified atom stereocenters. The zero-order chi connectivity index (χ0) is 12.8. The lowest BCUT2D eigenvalue weighted by atomic mass is 10.1. The molecule has 0 saturated heterocycles. The molecule has 0 heterocycles. The minimum absolute atomic E-state index is 0.150. The predicted molar refractivity (Wildman–Crippen MR) is 56.9 cm³/mol. The maximum atomic E-state index is 11.6. The quantitative estimate of drug-likeness (QED) is 0.659. The van der Waals surface area contributed by atoms with Gasteiger partial charge in [-0.1, -0.05) is 6.07 Å². The predicted octanol–water partition coefficient (Wildman–Crippen LogP) is 0.633. The number of nitriles is 2. The minimum atomic E-state index is -0.950. The lowest BCUT2D eigenvalue weighted by molar-refractivity contribution is 0.0942. The van der Waals surface area contributed by atoms with E-state index >= 15 is 0 Å². The molecular weight excluding hydrogens is 222 g/mol. The van der Waals surface area contributed by atoms with Crippen LogP contribution in [0.2, 0.25) is 0 Å². The van der Waals surface area contributed by atoms with E-state index < -0.39 is 23.4 Å². The molecule has 0 spiro atoms. The summed E-state index contributed by atoms with van der Waals surface area (Å²) in [4.78, 5) is 11.6. The number of phenolic OH excluding ortho intramolecular Hbond substituents is 2. The third-order valence-electron chi connectivity index (χ3n) is 2.02. The second-order valence-electron chi connectivity index (χ2n) is 3.19. The number of benzene rings is 1. The summed E-state index contributed by atoms with van der Waals surface area (Å²) in [6.07, 6.45) is -0.151. The van der Waals surface area contributed by atoms with Gasteiger partial charge in [0.25, 0.3) is 5.91 Å². The van der Waals surface area contributed by atoms with Gasteiger partial charge in [0.05, 0.1) is 24.1 Å². The molecule has 0 radical (unpaired) electrons. The number of rotatable bonds is 3. The van der Waals surface area contributed by atoms with Gasteiger partial charge in [0.15, 0.2) is 11.5 Å². The second-order valence-corrected chi connectivity index (χ2v) is 3.19. The molecule has 1 rings (SSSR count). The summed E-state index contributed by atoms with van der Waals surface area (Å²) in [7, 11) is 0. The molecule has 0 fully saturated rings. The van der Waals surface area contributed by atoms with Crippen molar-refractivity contribution in [3.05, 3.63) is 23.8 Å². The van der Waals surface area contributed by atoms with E-state index in [1.807, 2.05) is 0 Å². The number of aromatic hydroxyl groups is 2. The van der Waals surface area contributed by atoms with Gasteiger partial charge in [0.2, 0.25) is 0 Å². The van der Waals surface area contributed by atoms with Crippen LogP contribution in [0.3, 0.4) is 0 Å². The maximum absolute atomic E-state index is 11.6. The van der Waals surface area contributed by atoms with Crippen LogP contribution in [0.4, 0.5) is 0 Å². The number of carbonyl (C=O) groups is 1. The van der Waals surface area contributed by atoms with E-state index in [-0.39, 0.29) is 12.0 Å². The Kier molecular flexibility index (Phi) is 3.91. The first-order valence-electron chi connectivity index (χ1n) is 4.68. The van der Waals surface area contributed by atoms with E-state index in [1.54, 1.807) is 12.1 Å². The fourth-order valence-electron chi connectivity index (χ4n) is 1.17. The molecule has 0 bridgehead atoms. The van der Waals surface area contributed by atoms with Gasteiger partial charge in [-0.15, -0.1) is 0 Å². The van der Waals surface area contributed by atoms with Crippen molar-refractivity contribution in [2.45, 2.75) is 12.5 Å². The number of amides is 1. The van der Waals surface area contributed by atoms with Crippen LogP contribution in [0, 0.1) is 22.7 Å². The van der Waals surface area contributed by atoms with Crippen LogP contribution < -0.4 is 5.32 Å². The summed E-state index contributed by atoms with van der Waals surface area (Å²) in [5.41, 5.74) is -0.150. The lowest BCUT2D eigenvalue weighted by Gasteiger charge is -2.09. The van der Waals surface area contributed by atoms with Crippen molar-refractivity contribution in [3.8, 4) is 23.6 Å². The second kappa shape index (κ2) is 5.38. The average molecular weight is 231 g/mol. The molecule has 1 aromatic carbocycles. The summed E-state index contributed by atoms with van der Waals surface area (Å²) in [6.45, 7) is 0. The van der Waals surface area contributed by atoms with Crippen molar-refractivity contribution < 1.29 is 15.0 Å². The zero-order valence-electron chi connectivity index (χ0n) is 8.71. The smallest absolute Gasteiger partial charge is 0.256 e. The third kappa shape index (κ3) is 2.86. The summed E-state index contributed by atoms with van der Waals surface area (Å²) in [5.74, 6) is -1.70.